The van der Waals surface area contributed by atoms with E-state index in [-0.39, 0.29) is 23.6 Å². The van der Waals surface area contributed by atoms with Crippen molar-refractivity contribution in [2.75, 3.05) is 11.5 Å². The Morgan fingerprint density at radius 1 is 1.69 bits per heavy atom. The fraction of sp³-hybridized carbons (Fsp3) is 0.700. The lowest BCUT2D eigenvalue weighted by Gasteiger charge is -2.17. The first kappa shape index (κ1) is 11.6. The van der Waals surface area contributed by atoms with Gasteiger partial charge in [0, 0.05) is 18.3 Å². The van der Waals surface area contributed by atoms with Crippen LogP contribution in [-0.2, 0) is 9.84 Å². The number of hydrogen-bond acceptors (Lipinski definition) is 4. The van der Waals surface area contributed by atoms with E-state index in [1.54, 1.807) is 12.5 Å². The Balaban J connectivity index is 2.25. The molecule has 5 nitrogen and oxygen atoms in total. The van der Waals surface area contributed by atoms with Crippen LogP contribution in [0.1, 0.15) is 37.5 Å². The van der Waals surface area contributed by atoms with Crippen LogP contribution in [0.15, 0.2) is 12.5 Å². The molecule has 16 heavy (non-hydrogen) atoms. The Morgan fingerprint density at radius 3 is 3.00 bits per heavy atom. The quantitative estimate of drug-likeness (QED) is 0.845. The molecule has 0 aliphatic carbocycles. The van der Waals surface area contributed by atoms with Gasteiger partial charge in [-0.2, -0.15) is 0 Å². The van der Waals surface area contributed by atoms with Crippen LogP contribution in [0.2, 0.25) is 0 Å². The highest BCUT2D eigenvalue weighted by Crippen LogP contribution is 2.27. The Morgan fingerprint density at radius 2 is 2.44 bits per heavy atom. The van der Waals surface area contributed by atoms with Crippen molar-refractivity contribution < 1.29 is 8.42 Å². The molecule has 0 aromatic carbocycles. The van der Waals surface area contributed by atoms with Gasteiger partial charge in [0.2, 0.25) is 0 Å². The Labute approximate surface area is 95.6 Å². The van der Waals surface area contributed by atoms with Gasteiger partial charge in [-0.05, 0) is 12.8 Å². The molecule has 2 heterocycles. The van der Waals surface area contributed by atoms with Crippen molar-refractivity contribution >= 4 is 9.84 Å². The van der Waals surface area contributed by atoms with E-state index in [0.717, 1.165) is 12.1 Å². The second-order valence-corrected chi connectivity index (χ2v) is 6.53. The van der Waals surface area contributed by atoms with Crippen molar-refractivity contribution in [3.8, 4) is 0 Å². The molecule has 1 saturated heterocycles. The maximum atomic E-state index is 11.4. The van der Waals surface area contributed by atoms with Crippen molar-refractivity contribution in [2.24, 2.45) is 5.73 Å². The van der Waals surface area contributed by atoms with E-state index in [4.69, 9.17) is 5.73 Å². The van der Waals surface area contributed by atoms with Crippen LogP contribution in [-0.4, -0.2) is 29.5 Å². The molecule has 0 radical (unpaired) electrons. The summed E-state index contributed by atoms with van der Waals surface area (Å²) < 4.78 is 24.8. The number of aromatic nitrogens is 2. The van der Waals surface area contributed by atoms with Gasteiger partial charge < -0.3 is 10.3 Å². The molecular weight excluding hydrogens is 226 g/mol. The van der Waals surface area contributed by atoms with Gasteiger partial charge in [0.05, 0.1) is 23.5 Å². The topological polar surface area (TPSA) is 78.0 Å². The fourth-order valence-electron chi connectivity index (χ4n) is 2.11. The fourth-order valence-corrected chi connectivity index (χ4v) is 3.82. The van der Waals surface area contributed by atoms with Crippen LogP contribution >= 0.6 is 0 Å². The predicted molar refractivity (Wildman–Crippen MR) is 61.8 cm³/mol. The first-order chi connectivity index (χ1) is 7.53. The molecule has 0 bridgehead atoms. The Kier molecular flexibility index (Phi) is 3.03. The van der Waals surface area contributed by atoms with Gasteiger partial charge in [0.25, 0.3) is 0 Å². The van der Waals surface area contributed by atoms with E-state index in [9.17, 15) is 8.42 Å². The number of rotatable bonds is 3. The van der Waals surface area contributed by atoms with E-state index >= 15 is 0 Å². The first-order valence-corrected chi connectivity index (χ1v) is 7.33. The molecule has 2 rings (SSSR count). The summed E-state index contributed by atoms with van der Waals surface area (Å²) in [6.45, 7) is 2.01. The smallest absolute Gasteiger partial charge is 0.152 e. The minimum Gasteiger partial charge on any atom is -0.329 e. The molecule has 6 heteroatoms. The van der Waals surface area contributed by atoms with E-state index < -0.39 is 9.84 Å². The van der Waals surface area contributed by atoms with Crippen LogP contribution in [0.5, 0.6) is 0 Å². The molecule has 0 spiro atoms. The molecule has 0 saturated carbocycles. The standard InChI is InChI=1S/C10H17N3O2S/c1-2-9(11)10-5-12-7-13(10)8-3-4-16(14,15)6-8/h5,7-9H,2-4,6,11H2,1H3/t8?,9-/m1/s1. The summed E-state index contributed by atoms with van der Waals surface area (Å²) in [5.74, 6) is 0.490. The van der Waals surface area contributed by atoms with Crippen molar-refractivity contribution in [2.45, 2.75) is 31.8 Å². The summed E-state index contributed by atoms with van der Waals surface area (Å²) in [5.41, 5.74) is 6.90. The third-order valence-electron chi connectivity index (χ3n) is 3.12. The summed E-state index contributed by atoms with van der Waals surface area (Å²) in [5, 5.41) is 0. The molecule has 1 fully saturated rings. The van der Waals surface area contributed by atoms with Crippen LogP contribution in [0.3, 0.4) is 0 Å². The Hall–Kier alpha value is -0.880. The molecule has 1 aromatic heterocycles. The highest BCUT2D eigenvalue weighted by molar-refractivity contribution is 7.91. The lowest BCUT2D eigenvalue weighted by molar-refractivity contribution is 0.508. The van der Waals surface area contributed by atoms with Gasteiger partial charge in [-0.3, -0.25) is 0 Å². The average Bonchev–Trinajstić information content (AvgIpc) is 2.82. The molecule has 1 aliphatic heterocycles. The zero-order valence-electron chi connectivity index (χ0n) is 9.33. The minimum atomic E-state index is -2.86. The van der Waals surface area contributed by atoms with Crippen LogP contribution in [0, 0.1) is 0 Å². The number of imidazole rings is 1. The van der Waals surface area contributed by atoms with Crippen molar-refractivity contribution in [3.63, 3.8) is 0 Å². The van der Waals surface area contributed by atoms with Gasteiger partial charge in [0.1, 0.15) is 0 Å². The van der Waals surface area contributed by atoms with E-state index in [1.807, 2.05) is 11.5 Å². The maximum Gasteiger partial charge on any atom is 0.152 e. The van der Waals surface area contributed by atoms with Gasteiger partial charge in [-0.25, -0.2) is 13.4 Å². The van der Waals surface area contributed by atoms with Crippen molar-refractivity contribution in [1.82, 2.24) is 9.55 Å². The second-order valence-electron chi connectivity index (χ2n) is 4.30. The SMILES string of the molecule is CC[C@@H](N)c1cncn1C1CCS(=O)(=O)C1. The highest BCUT2D eigenvalue weighted by atomic mass is 32.2. The first-order valence-electron chi connectivity index (χ1n) is 5.51. The van der Waals surface area contributed by atoms with Gasteiger partial charge in [-0.1, -0.05) is 6.92 Å². The lowest BCUT2D eigenvalue weighted by Crippen LogP contribution is -2.18. The second kappa shape index (κ2) is 4.18. The van der Waals surface area contributed by atoms with Gasteiger partial charge in [-0.15, -0.1) is 0 Å². The predicted octanol–water partition coefficient (Wildman–Crippen LogP) is 0.653. The highest BCUT2D eigenvalue weighted by Gasteiger charge is 2.30. The van der Waals surface area contributed by atoms with E-state index in [2.05, 4.69) is 4.98 Å². The Bertz CT molecular complexity index is 466. The molecule has 1 unspecified atom stereocenters. The molecular formula is C10H17N3O2S. The number of sulfone groups is 1. The molecule has 0 amide bonds. The molecule has 2 atom stereocenters. The number of hydrogen-bond donors (Lipinski definition) is 1. The van der Waals surface area contributed by atoms with Crippen LogP contribution in [0.4, 0.5) is 0 Å². The van der Waals surface area contributed by atoms with Gasteiger partial charge in [0.15, 0.2) is 9.84 Å². The summed E-state index contributed by atoms with van der Waals surface area (Å²) in [7, 11) is -2.86. The molecule has 2 N–H and O–H groups in total. The summed E-state index contributed by atoms with van der Waals surface area (Å²) in [6.07, 6.45) is 4.92. The minimum absolute atomic E-state index is 0.0140. The molecule has 1 aliphatic rings. The maximum absolute atomic E-state index is 11.4. The third-order valence-corrected chi connectivity index (χ3v) is 4.87. The molecule has 90 valence electrons. The van der Waals surface area contributed by atoms with E-state index in [0.29, 0.717) is 6.42 Å². The average molecular weight is 243 g/mol. The van der Waals surface area contributed by atoms with Gasteiger partial charge >= 0.3 is 0 Å². The van der Waals surface area contributed by atoms with E-state index in [1.165, 1.54) is 0 Å². The lowest BCUT2D eigenvalue weighted by atomic mass is 10.1. The molecule has 1 aromatic rings. The van der Waals surface area contributed by atoms with Crippen LogP contribution < -0.4 is 5.73 Å². The van der Waals surface area contributed by atoms with Crippen molar-refractivity contribution in [1.29, 1.82) is 0 Å². The summed E-state index contributed by atoms with van der Waals surface area (Å²) >= 11 is 0. The number of nitrogens with zero attached hydrogens (tertiary/aromatic N) is 2. The third kappa shape index (κ3) is 2.12. The van der Waals surface area contributed by atoms with Crippen molar-refractivity contribution in [3.05, 3.63) is 18.2 Å². The zero-order chi connectivity index (χ0) is 11.8. The largest absolute Gasteiger partial charge is 0.329 e. The monoisotopic (exact) mass is 243 g/mol. The summed E-state index contributed by atoms with van der Waals surface area (Å²) in [6, 6.07) is -0.0501. The number of nitrogens with two attached hydrogens (primary N) is 1. The summed E-state index contributed by atoms with van der Waals surface area (Å²) in [4.78, 5) is 4.07. The normalized spacial score (nSPS) is 25.8. The van der Waals surface area contributed by atoms with Crippen LogP contribution in [0.25, 0.3) is 0 Å². The zero-order valence-corrected chi connectivity index (χ0v) is 10.2.